The van der Waals surface area contributed by atoms with Crippen molar-refractivity contribution in [3.05, 3.63) is 52.9 Å². The third kappa shape index (κ3) is 3.57. The van der Waals surface area contributed by atoms with Gasteiger partial charge in [-0.15, -0.1) is 0 Å². The molecule has 0 atom stereocenters. The predicted octanol–water partition coefficient (Wildman–Crippen LogP) is 4.72. The van der Waals surface area contributed by atoms with E-state index in [4.69, 9.17) is 4.74 Å². The maximum atomic E-state index is 14.5. The SMILES string of the molecule is CNCCCOc1ccc(-c2c[nH]c3cc(Br)ccc23)c(F)c1. The fourth-order valence-corrected chi connectivity index (χ4v) is 2.93. The van der Waals surface area contributed by atoms with Crippen molar-refractivity contribution in [3.8, 4) is 16.9 Å². The molecule has 0 fully saturated rings. The molecule has 1 aromatic heterocycles. The minimum absolute atomic E-state index is 0.278. The van der Waals surface area contributed by atoms with Crippen LogP contribution in [0.5, 0.6) is 5.75 Å². The lowest BCUT2D eigenvalue weighted by Gasteiger charge is -2.08. The molecule has 23 heavy (non-hydrogen) atoms. The first-order chi connectivity index (χ1) is 11.2. The number of benzene rings is 2. The summed E-state index contributed by atoms with van der Waals surface area (Å²) in [6.07, 6.45) is 2.72. The van der Waals surface area contributed by atoms with Gasteiger partial charge in [-0.05, 0) is 44.3 Å². The molecular formula is C18H18BrFN2O. The smallest absolute Gasteiger partial charge is 0.134 e. The van der Waals surface area contributed by atoms with Crippen LogP contribution in [0.2, 0.25) is 0 Å². The molecule has 0 bridgehead atoms. The molecule has 2 N–H and O–H groups in total. The molecule has 1 heterocycles. The Morgan fingerprint density at radius 1 is 1.17 bits per heavy atom. The minimum Gasteiger partial charge on any atom is -0.493 e. The zero-order valence-corrected chi connectivity index (χ0v) is 14.4. The zero-order chi connectivity index (χ0) is 16.2. The number of halogens is 2. The van der Waals surface area contributed by atoms with Crippen LogP contribution >= 0.6 is 15.9 Å². The fraction of sp³-hybridized carbons (Fsp3) is 0.222. The number of aromatic amines is 1. The highest BCUT2D eigenvalue weighted by Crippen LogP contribution is 2.33. The van der Waals surface area contributed by atoms with Crippen molar-refractivity contribution in [2.24, 2.45) is 0 Å². The molecule has 0 saturated carbocycles. The van der Waals surface area contributed by atoms with Gasteiger partial charge in [0, 0.05) is 38.8 Å². The third-order valence-electron chi connectivity index (χ3n) is 3.71. The molecule has 3 rings (SSSR count). The molecule has 3 nitrogen and oxygen atoms in total. The molecule has 2 aromatic carbocycles. The molecule has 120 valence electrons. The number of rotatable bonds is 6. The molecule has 0 amide bonds. The number of nitrogens with one attached hydrogen (secondary N) is 2. The monoisotopic (exact) mass is 376 g/mol. The first-order valence-electron chi connectivity index (χ1n) is 7.53. The normalized spacial score (nSPS) is 11.1. The van der Waals surface area contributed by atoms with Crippen LogP contribution in [-0.4, -0.2) is 25.2 Å². The van der Waals surface area contributed by atoms with Crippen molar-refractivity contribution < 1.29 is 9.13 Å². The molecule has 0 aliphatic heterocycles. The highest BCUT2D eigenvalue weighted by atomic mass is 79.9. The highest BCUT2D eigenvalue weighted by molar-refractivity contribution is 9.10. The second-order valence-corrected chi connectivity index (χ2v) is 6.26. The van der Waals surface area contributed by atoms with Gasteiger partial charge in [0.25, 0.3) is 0 Å². The number of ether oxygens (including phenoxy) is 1. The topological polar surface area (TPSA) is 37.0 Å². The van der Waals surface area contributed by atoms with Gasteiger partial charge in [-0.2, -0.15) is 0 Å². The lowest BCUT2D eigenvalue weighted by molar-refractivity contribution is 0.308. The number of hydrogen-bond acceptors (Lipinski definition) is 2. The average Bonchev–Trinajstić information content (AvgIpc) is 2.94. The summed E-state index contributed by atoms with van der Waals surface area (Å²) in [5.74, 6) is 0.282. The Hall–Kier alpha value is -1.85. The van der Waals surface area contributed by atoms with Crippen LogP contribution < -0.4 is 10.1 Å². The largest absolute Gasteiger partial charge is 0.493 e. The van der Waals surface area contributed by atoms with Crippen LogP contribution in [-0.2, 0) is 0 Å². The van der Waals surface area contributed by atoms with Gasteiger partial charge in [0.2, 0.25) is 0 Å². The molecule has 0 aliphatic carbocycles. The summed E-state index contributed by atoms with van der Waals surface area (Å²) >= 11 is 3.44. The summed E-state index contributed by atoms with van der Waals surface area (Å²) in [5, 5.41) is 4.05. The van der Waals surface area contributed by atoms with Crippen molar-refractivity contribution in [1.29, 1.82) is 0 Å². The fourth-order valence-electron chi connectivity index (χ4n) is 2.56. The number of fused-ring (bicyclic) bond motifs is 1. The number of aromatic nitrogens is 1. The van der Waals surface area contributed by atoms with Crippen LogP contribution in [0.3, 0.4) is 0 Å². The lowest BCUT2D eigenvalue weighted by Crippen LogP contribution is -2.11. The van der Waals surface area contributed by atoms with E-state index in [1.807, 2.05) is 37.5 Å². The van der Waals surface area contributed by atoms with E-state index in [1.165, 1.54) is 6.07 Å². The van der Waals surface area contributed by atoms with Crippen LogP contribution in [0.15, 0.2) is 47.1 Å². The van der Waals surface area contributed by atoms with Gasteiger partial charge in [-0.25, -0.2) is 4.39 Å². The molecule has 0 saturated heterocycles. The van der Waals surface area contributed by atoms with E-state index in [0.29, 0.717) is 17.9 Å². The Morgan fingerprint density at radius 2 is 2.04 bits per heavy atom. The van der Waals surface area contributed by atoms with E-state index in [9.17, 15) is 4.39 Å². The quantitative estimate of drug-likeness (QED) is 0.610. The van der Waals surface area contributed by atoms with Crippen molar-refractivity contribution >= 4 is 26.8 Å². The van der Waals surface area contributed by atoms with Crippen LogP contribution in [0, 0.1) is 5.82 Å². The molecule has 5 heteroatoms. The highest BCUT2D eigenvalue weighted by Gasteiger charge is 2.12. The number of H-pyrrole nitrogens is 1. The van der Waals surface area contributed by atoms with Crippen molar-refractivity contribution in [2.75, 3.05) is 20.2 Å². The molecule has 3 aromatic rings. The summed E-state index contributed by atoms with van der Waals surface area (Å²) < 4.78 is 21.0. The summed E-state index contributed by atoms with van der Waals surface area (Å²) in [7, 11) is 1.90. The van der Waals surface area contributed by atoms with E-state index < -0.39 is 0 Å². The Bertz CT molecular complexity index is 816. The van der Waals surface area contributed by atoms with Gasteiger partial charge >= 0.3 is 0 Å². The van der Waals surface area contributed by atoms with E-state index in [-0.39, 0.29) is 5.82 Å². The Kier molecular flexibility index (Phi) is 4.98. The van der Waals surface area contributed by atoms with E-state index in [1.54, 1.807) is 6.07 Å². The van der Waals surface area contributed by atoms with Gasteiger partial charge in [-0.3, -0.25) is 0 Å². The Morgan fingerprint density at radius 3 is 2.83 bits per heavy atom. The lowest BCUT2D eigenvalue weighted by atomic mass is 10.0. The molecule has 0 radical (unpaired) electrons. The Labute approximate surface area is 143 Å². The first kappa shape index (κ1) is 16.0. The molecule has 0 aliphatic rings. The molecular weight excluding hydrogens is 359 g/mol. The number of hydrogen-bond donors (Lipinski definition) is 2. The van der Waals surface area contributed by atoms with Gasteiger partial charge in [0.1, 0.15) is 11.6 Å². The summed E-state index contributed by atoms with van der Waals surface area (Å²) in [6.45, 7) is 1.45. The average molecular weight is 377 g/mol. The second kappa shape index (κ2) is 7.15. The van der Waals surface area contributed by atoms with Crippen LogP contribution in [0.4, 0.5) is 4.39 Å². The van der Waals surface area contributed by atoms with E-state index >= 15 is 0 Å². The third-order valence-corrected chi connectivity index (χ3v) is 4.21. The van der Waals surface area contributed by atoms with Gasteiger partial charge in [0.15, 0.2) is 0 Å². The van der Waals surface area contributed by atoms with E-state index in [2.05, 4.69) is 26.2 Å². The minimum atomic E-state index is -0.278. The standard InChI is InChI=1S/C18H18BrFN2O/c1-21-7-2-8-23-13-4-6-14(17(20)10-13)16-11-22-18-9-12(19)3-5-15(16)18/h3-6,9-11,21-22H,2,7-8H2,1H3. The zero-order valence-electron chi connectivity index (χ0n) is 12.8. The molecule has 0 unspecified atom stereocenters. The van der Waals surface area contributed by atoms with Gasteiger partial charge in [0.05, 0.1) is 6.61 Å². The maximum absolute atomic E-state index is 14.5. The van der Waals surface area contributed by atoms with Gasteiger partial charge < -0.3 is 15.0 Å². The molecule has 0 spiro atoms. The van der Waals surface area contributed by atoms with Crippen LogP contribution in [0.1, 0.15) is 6.42 Å². The Balaban J connectivity index is 1.85. The van der Waals surface area contributed by atoms with E-state index in [0.717, 1.165) is 33.9 Å². The maximum Gasteiger partial charge on any atom is 0.134 e. The first-order valence-corrected chi connectivity index (χ1v) is 8.32. The van der Waals surface area contributed by atoms with Crippen molar-refractivity contribution in [3.63, 3.8) is 0 Å². The second-order valence-electron chi connectivity index (χ2n) is 5.34. The predicted molar refractivity (Wildman–Crippen MR) is 95.4 cm³/mol. The van der Waals surface area contributed by atoms with Gasteiger partial charge in [-0.1, -0.05) is 22.0 Å². The van der Waals surface area contributed by atoms with Crippen LogP contribution in [0.25, 0.3) is 22.0 Å². The van der Waals surface area contributed by atoms with Crippen molar-refractivity contribution in [1.82, 2.24) is 10.3 Å². The summed E-state index contributed by atoms with van der Waals surface area (Å²) in [6, 6.07) is 11.0. The van der Waals surface area contributed by atoms with Crippen molar-refractivity contribution in [2.45, 2.75) is 6.42 Å². The summed E-state index contributed by atoms with van der Waals surface area (Å²) in [4.78, 5) is 3.18. The summed E-state index contributed by atoms with van der Waals surface area (Å²) in [5.41, 5.74) is 2.40.